The van der Waals surface area contributed by atoms with E-state index in [0.717, 1.165) is 47.2 Å². The second kappa shape index (κ2) is 9.80. The average Bonchev–Trinajstić information content (AvgIpc) is 3.53. The van der Waals surface area contributed by atoms with Gasteiger partial charge in [-0.15, -0.1) is 5.10 Å². The largest absolute Gasteiger partial charge is 0.397 e. The van der Waals surface area contributed by atoms with Crippen molar-refractivity contribution in [3.8, 4) is 28.2 Å². The summed E-state index contributed by atoms with van der Waals surface area (Å²) in [6.45, 7) is 2.64. The number of benzene rings is 3. The lowest BCUT2D eigenvalue weighted by atomic mass is 9.98. The molecule has 0 spiro atoms. The van der Waals surface area contributed by atoms with E-state index in [9.17, 15) is 4.79 Å². The number of nitrogens with zero attached hydrogens (tertiary/aromatic N) is 5. The van der Waals surface area contributed by atoms with E-state index in [1.54, 1.807) is 4.57 Å². The maximum absolute atomic E-state index is 13.4. The van der Waals surface area contributed by atoms with Gasteiger partial charge in [0.15, 0.2) is 5.82 Å². The molecule has 8 nitrogen and oxygen atoms in total. The molecule has 0 unspecified atom stereocenters. The summed E-state index contributed by atoms with van der Waals surface area (Å²) < 4.78 is 3.52. The van der Waals surface area contributed by atoms with Gasteiger partial charge in [-0.2, -0.15) is 0 Å². The number of aromatic nitrogens is 6. The predicted octanol–water partition coefficient (Wildman–Crippen LogP) is 4.46. The third-order valence-corrected chi connectivity index (χ3v) is 6.18. The highest BCUT2D eigenvalue weighted by Crippen LogP contribution is 2.30. The second-order valence-electron chi connectivity index (χ2n) is 8.51. The summed E-state index contributed by atoms with van der Waals surface area (Å²) in [5.41, 5.74) is 12.4. The fourth-order valence-electron chi connectivity index (χ4n) is 4.32. The Morgan fingerprint density at radius 2 is 1.69 bits per heavy atom. The molecule has 0 aliphatic rings. The lowest BCUT2D eigenvalue weighted by Crippen LogP contribution is -2.25. The maximum atomic E-state index is 13.4. The van der Waals surface area contributed by atoms with Crippen LogP contribution in [0.25, 0.3) is 28.2 Å². The molecule has 0 saturated heterocycles. The van der Waals surface area contributed by atoms with Gasteiger partial charge in [0.1, 0.15) is 0 Å². The van der Waals surface area contributed by atoms with Crippen LogP contribution >= 0.6 is 0 Å². The molecule has 0 atom stereocenters. The van der Waals surface area contributed by atoms with Crippen molar-refractivity contribution in [2.24, 2.45) is 0 Å². The van der Waals surface area contributed by atoms with Gasteiger partial charge in [-0.1, -0.05) is 74.0 Å². The summed E-state index contributed by atoms with van der Waals surface area (Å²) in [6.07, 6.45) is 4.84. The molecular weight excluding hydrogens is 438 g/mol. The molecule has 3 aromatic carbocycles. The number of aryl methyl sites for hydroxylation is 1. The molecule has 0 amide bonds. The van der Waals surface area contributed by atoms with Gasteiger partial charge in [-0.05, 0) is 52.1 Å². The Morgan fingerprint density at radius 1 is 0.943 bits per heavy atom. The Kier molecular flexibility index (Phi) is 6.26. The normalized spacial score (nSPS) is 11.1. The standard InChI is InChI=1S/C27H27N7O/c1-2-3-8-21-18-34(25-12-7-6-11-24(25)28)27(35)33(21)17-19-13-15-20(16-14-19)22-9-4-5-10-23(22)26-29-31-32-30-26/h4-7,9-16,18H,2-3,8,17,28H2,1H3,(H,29,30,31,32). The smallest absolute Gasteiger partial charge is 0.333 e. The van der Waals surface area contributed by atoms with E-state index in [-0.39, 0.29) is 5.69 Å². The molecule has 3 N–H and O–H groups in total. The highest BCUT2D eigenvalue weighted by Gasteiger charge is 2.15. The first-order valence-corrected chi connectivity index (χ1v) is 11.7. The van der Waals surface area contributed by atoms with E-state index in [1.165, 1.54) is 0 Å². The molecule has 5 rings (SSSR count). The van der Waals surface area contributed by atoms with Crippen molar-refractivity contribution < 1.29 is 0 Å². The molecule has 35 heavy (non-hydrogen) atoms. The minimum Gasteiger partial charge on any atom is -0.397 e. The van der Waals surface area contributed by atoms with E-state index < -0.39 is 0 Å². The Labute approximate surface area is 203 Å². The first-order valence-electron chi connectivity index (χ1n) is 11.7. The van der Waals surface area contributed by atoms with Crippen molar-refractivity contribution >= 4 is 5.69 Å². The van der Waals surface area contributed by atoms with Crippen LogP contribution in [0.2, 0.25) is 0 Å². The maximum Gasteiger partial charge on any atom is 0.333 e. The minimum atomic E-state index is -0.0822. The lowest BCUT2D eigenvalue weighted by molar-refractivity contribution is 0.674. The summed E-state index contributed by atoms with van der Waals surface area (Å²) in [7, 11) is 0. The topological polar surface area (TPSA) is 107 Å². The van der Waals surface area contributed by atoms with Gasteiger partial charge in [-0.3, -0.25) is 9.13 Å². The molecule has 2 heterocycles. The first-order chi connectivity index (χ1) is 17.2. The van der Waals surface area contributed by atoms with Crippen LogP contribution in [0.15, 0.2) is 83.8 Å². The number of nitrogens with one attached hydrogen (secondary N) is 1. The molecule has 0 fully saturated rings. The van der Waals surface area contributed by atoms with Crippen molar-refractivity contribution in [1.82, 2.24) is 29.8 Å². The number of nitrogen functional groups attached to an aromatic ring is 1. The van der Waals surface area contributed by atoms with Crippen LogP contribution in [0.1, 0.15) is 31.0 Å². The molecule has 0 aliphatic carbocycles. The lowest BCUT2D eigenvalue weighted by Gasteiger charge is -2.10. The molecule has 0 radical (unpaired) electrons. The number of hydrogen-bond acceptors (Lipinski definition) is 5. The summed E-state index contributed by atoms with van der Waals surface area (Å²) in [5, 5.41) is 14.3. The van der Waals surface area contributed by atoms with E-state index >= 15 is 0 Å². The van der Waals surface area contributed by atoms with E-state index in [4.69, 9.17) is 5.73 Å². The number of para-hydroxylation sites is 2. The van der Waals surface area contributed by atoms with Crippen molar-refractivity contribution in [3.63, 3.8) is 0 Å². The van der Waals surface area contributed by atoms with Gasteiger partial charge in [0.25, 0.3) is 0 Å². The van der Waals surface area contributed by atoms with Crippen molar-refractivity contribution in [2.75, 3.05) is 5.73 Å². The number of imidazole rings is 1. The number of aromatic amines is 1. The third kappa shape index (κ3) is 4.50. The Hall–Kier alpha value is -4.46. The highest BCUT2D eigenvalue weighted by molar-refractivity contribution is 5.80. The first kappa shape index (κ1) is 22.3. The SMILES string of the molecule is CCCCc1cn(-c2ccccc2N)c(=O)n1Cc1ccc(-c2ccccc2-c2nnn[nH]2)cc1. The van der Waals surface area contributed by atoms with Crippen LogP contribution in [-0.2, 0) is 13.0 Å². The number of tetrazole rings is 1. The molecule has 176 valence electrons. The van der Waals surface area contributed by atoms with Crippen molar-refractivity contribution in [1.29, 1.82) is 0 Å². The molecule has 8 heteroatoms. The number of unbranched alkanes of at least 4 members (excludes halogenated alkanes) is 1. The molecule has 2 aromatic heterocycles. The fraction of sp³-hybridized carbons (Fsp3) is 0.185. The number of H-pyrrole nitrogens is 1. The quantitative estimate of drug-likeness (QED) is 0.329. The molecule has 0 saturated carbocycles. The second-order valence-corrected chi connectivity index (χ2v) is 8.51. The molecule has 5 aromatic rings. The van der Waals surface area contributed by atoms with Crippen LogP contribution in [0.3, 0.4) is 0 Å². The van der Waals surface area contributed by atoms with Crippen LogP contribution in [0.4, 0.5) is 5.69 Å². The third-order valence-electron chi connectivity index (χ3n) is 6.18. The fourth-order valence-corrected chi connectivity index (χ4v) is 4.32. The monoisotopic (exact) mass is 465 g/mol. The Morgan fingerprint density at radius 3 is 2.40 bits per heavy atom. The zero-order valence-electron chi connectivity index (χ0n) is 19.6. The van der Waals surface area contributed by atoms with E-state index in [2.05, 4.69) is 51.8 Å². The number of rotatable bonds is 8. The van der Waals surface area contributed by atoms with E-state index in [1.807, 2.05) is 59.3 Å². The Bertz CT molecular complexity index is 1480. The van der Waals surface area contributed by atoms with Gasteiger partial charge >= 0.3 is 5.69 Å². The average molecular weight is 466 g/mol. The van der Waals surface area contributed by atoms with Crippen LogP contribution < -0.4 is 11.4 Å². The van der Waals surface area contributed by atoms with Gasteiger partial charge in [0.05, 0.1) is 17.9 Å². The Balaban J connectivity index is 1.47. The zero-order chi connectivity index (χ0) is 24.2. The summed E-state index contributed by atoms with van der Waals surface area (Å²) in [6, 6.07) is 23.7. The molecule has 0 bridgehead atoms. The van der Waals surface area contributed by atoms with Gasteiger partial charge < -0.3 is 5.73 Å². The number of nitrogens with two attached hydrogens (primary N) is 1. The van der Waals surface area contributed by atoms with E-state index in [0.29, 0.717) is 23.7 Å². The van der Waals surface area contributed by atoms with Crippen LogP contribution in [0.5, 0.6) is 0 Å². The zero-order valence-corrected chi connectivity index (χ0v) is 19.6. The van der Waals surface area contributed by atoms with Gasteiger partial charge in [-0.25, -0.2) is 9.89 Å². The highest BCUT2D eigenvalue weighted by atomic mass is 16.1. The number of anilines is 1. The van der Waals surface area contributed by atoms with Crippen molar-refractivity contribution in [3.05, 3.63) is 101 Å². The summed E-state index contributed by atoms with van der Waals surface area (Å²) >= 11 is 0. The van der Waals surface area contributed by atoms with Gasteiger partial charge in [0, 0.05) is 17.5 Å². The minimum absolute atomic E-state index is 0.0822. The predicted molar refractivity (Wildman–Crippen MR) is 137 cm³/mol. The molecule has 0 aliphatic heterocycles. The van der Waals surface area contributed by atoms with Crippen LogP contribution in [-0.4, -0.2) is 29.8 Å². The summed E-state index contributed by atoms with van der Waals surface area (Å²) in [5.74, 6) is 0.623. The van der Waals surface area contributed by atoms with Crippen molar-refractivity contribution in [2.45, 2.75) is 32.7 Å². The number of hydrogen-bond donors (Lipinski definition) is 2. The van der Waals surface area contributed by atoms with Gasteiger partial charge in [0.2, 0.25) is 0 Å². The summed E-state index contributed by atoms with van der Waals surface area (Å²) in [4.78, 5) is 13.4. The van der Waals surface area contributed by atoms with Crippen LogP contribution in [0, 0.1) is 0 Å². The molecular formula is C27H27N7O.